The number of ether oxygens (including phenoxy) is 1. The summed E-state index contributed by atoms with van der Waals surface area (Å²) in [5, 5.41) is 3.49. The van der Waals surface area contributed by atoms with Gasteiger partial charge in [0.2, 0.25) is 0 Å². The first kappa shape index (κ1) is 20.1. The van der Waals surface area contributed by atoms with Gasteiger partial charge in [0.15, 0.2) is 0 Å². The molecule has 28 heavy (non-hydrogen) atoms. The van der Waals surface area contributed by atoms with E-state index >= 15 is 0 Å². The number of piperazine rings is 1. The Hall–Kier alpha value is -2.69. The number of nitrogens with zero attached hydrogens (tertiary/aromatic N) is 2. The van der Waals surface area contributed by atoms with Crippen LogP contribution in [0, 0.1) is 6.92 Å². The minimum absolute atomic E-state index is 0.220. The van der Waals surface area contributed by atoms with Crippen LogP contribution < -0.4 is 10.2 Å². The van der Waals surface area contributed by atoms with Crippen molar-refractivity contribution in [2.75, 3.05) is 36.4 Å². The summed E-state index contributed by atoms with van der Waals surface area (Å²) in [6.45, 7) is 11.6. The second-order valence-electron chi connectivity index (χ2n) is 8.28. The lowest BCUT2D eigenvalue weighted by atomic mass is 10.1. The van der Waals surface area contributed by atoms with Crippen LogP contribution in [0.4, 0.5) is 16.2 Å². The minimum atomic E-state index is -0.449. The SMILES string of the molecule is Cc1ccccc1CNc1ccc(N2CCN(C(=O)OC(C)(C)C)CC2)cc1. The fourth-order valence-electron chi connectivity index (χ4n) is 3.27. The molecule has 0 spiro atoms. The summed E-state index contributed by atoms with van der Waals surface area (Å²) < 4.78 is 5.47. The van der Waals surface area contributed by atoms with Crippen LogP contribution in [-0.4, -0.2) is 42.8 Å². The van der Waals surface area contributed by atoms with E-state index in [0.717, 1.165) is 25.3 Å². The van der Waals surface area contributed by atoms with Crippen LogP contribution in [0.5, 0.6) is 0 Å². The highest BCUT2D eigenvalue weighted by Gasteiger charge is 2.25. The van der Waals surface area contributed by atoms with E-state index in [1.165, 1.54) is 16.8 Å². The van der Waals surface area contributed by atoms with Crippen LogP contribution in [-0.2, 0) is 11.3 Å². The molecular weight excluding hydrogens is 350 g/mol. The Labute approximate surface area is 168 Å². The molecule has 2 aromatic rings. The molecule has 1 aliphatic heterocycles. The summed E-state index contributed by atoms with van der Waals surface area (Å²) in [5.74, 6) is 0. The third-order valence-electron chi connectivity index (χ3n) is 4.91. The zero-order chi connectivity index (χ0) is 20.1. The second-order valence-corrected chi connectivity index (χ2v) is 8.28. The average molecular weight is 382 g/mol. The highest BCUT2D eigenvalue weighted by atomic mass is 16.6. The Morgan fingerprint density at radius 3 is 2.25 bits per heavy atom. The third-order valence-corrected chi connectivity index (χ3v) is 4.91. The molecule has 3 rings (SSSR count). The molecule has 0 atom stereocenters. The first-order valence-corrected chi connectivity index (χ1v) is 9.93. The van der Waals surface area contributed by atoms with Crippen LogP contribution in [0.3, 0.4) is 0 Å². The van der Waals surface area contributed by atoms with Gasteiger partial charge in [0, 0.05) is 44.1 Å². The van der Waals surface area contributed by atoms with Crippen molar-refractivity contribution >= 4 is 17.5 Å². The van der Waals surface area contributed by atoms with Crippen LogP contribution in [0.25, 0.3) is 0 Å². The molecule has 150 valence electrons. The summed E-state index contributed by atoms with van der Waals surface area (Å²) >= 11 is 0. The molecule has 5 nitrogen and oxygen atoms in total. The predicted molar refractivity (Wildman–Crippen MR) is 115 cm³/mol. The minimum Gasteiger partial charge on any atom is -0.444 e. The lowest BCUT2D eigenvalue weighted by molar-refractivity contribution is 0.0240. The lowest BCUT2D eigenvalue weighted by Crippen LogP contribution is -2.50. The maximum atomic E-state index is 12.2. The van der Waals surface area contributed by atoms with Crippen molar-refractivity contribution in [3.05, 3.63) is 59.7 Å². The van der Waals surface area contributed by atoms with Crippen molar-refractivity contribution in [1.29, 1.82) is 0 Å². The summed E-state index contributed by atoms with van der Waals surface area (Å²) in [6.07, 6.45) is -0.220. The zero-order valence-electron chi connectivity index (χ0n) is 17.4. The fraction of sp³-hybridized carbons (Fsp3) is 0.435. The number of rotatable bonds is 4. The molecule has 0 aromatic heterocycles. The number of anilines is 2. The van der Waals surface area contributed by atoms with Crippen molar-refractivity contribution in [3.8, 4) is 0 Å². The van der Waals surface area contributed by atoms with Gasteiger partial charge in [-0.05, 0) is 63.1 Å². The molecule has 5 heteroatoms. The number of hydrogen-bond acceptors (Lipinski definition) is 4. The van der Waals surface area contributed by atoms with Crippen molar-refractivity contribution in [2.24, 2.45) is 0 Å². The van der Waals surface area contributed by atoms with Gasteiger partial charge in [0.05, 0.1) is 0 Å². The maximum Gasteiger partial charge on any atom is 0.410 e. The Kier molecular flexibility index (Phi) is 6.12. The maximum absolute atomic E-state index is 12.2. The summed E-state index contributed by atoms with van der Waals surface area (Å²) in [7, 11) is 0. The third kappa shape index (κ3) is 5.41. The Morgan fingerprint density at radius 2 is 1.64 bits per heavy atom. The smallest absolute Gasteiger partial charge is 0.410 e. The number of carbonyl (C=O) groups excluding carboxylic acids is 1. The molecule has 2 aromatic carbocycles. The van der Waals surface area contributed by atoms with E-state index in [2.05, 4.69) is 65.7 Å². The highest BCUT2D eigenvalue weighted by Crippen LogP contribution is 2.21. The van der Waals surface area contributed by atoms with Gasteiger partial charge in [-0.15, -0.1) is 0 Å². The quantitative estimate of drug-likeness (QED) is 0.836. The van der Waals surface area contributed by atoms with E-state index in [1.54, 1.807) is 4.90 Å². The van der Waals surface area contributed by atoms with Crippen LogP contribution in [0.2, 0.25) is 0 Å². The van der Waals surface area contributed by atoms with E-state index < -0.39 is 5.60 Å². The largest absolute Gasteiger partial charge is 0.444 e. The molecule has 0 radical (unpaired) electrons. The van der Waals surface area contributed by atoms with Gasteiger partial charge < -0.3 is 19.9 Å². The van der Waals surface area contributed by atoms with Gasteiger partial charge >= 0.3 is 6.09 Å². The molecule has 0 bridgehead atoms. The molecule has 0 unspecified atom stereocenters. The predicted octanol–water partition coefficient (Wildman–Crippen LogP) is 4.66. The second kappa shape index (κ2) is 8.55. The van der Waals surface area contributed by atoms with Gasteiger partial charge in [-0.1, -0.05) is 24.3 Å². The first-order valence-electron chi connectivity index (χ1n) is 9.93. The van der Waals surface area contributed by atoms with Crippen molar-refractivity contribution in [3.63, 3.8) is 0 Å². The molecule has 0 aliphatic carbocycles. The zero-order valence-corrected chi connectivity index (χ0v) is 17.4. The molecule has 1 amide bonds. The Bertz CT molecular complexity index is 788. The topological polar surface area (TPSA) is 44.8 Å². The molecule has 1 aliphatic rings. The Balaban J connectivity index is 1.51. The summed E-state index contributed by atoms with van der Waals surface area (Å²) in [4.78, 5) is 16.3. The Morgan fingerprint density at radius 1 is 1.00 bits per heavy atom. The molecule has 1 heterocycles. The standard InChI is InChI=1S/C23H31N3O2/c1-18-7-5-6-8-19(18)17-24-20-9-11-21(12-10-20)25-13-15-26(16-14-25)22(27)28-23(2,3)4/h5-12,24H,13-17H2,1-4H3. The number of hydrogen-bond donors (Lipinski definition) is 1. The monoisotopic (exact) mass is 381 g/mol. The van der Waals surface area contributed by atoms with Gasteiger partial charge in [0.25, 0.3) is 0 Å². The van der Waals surface area contributed by atoms with Gasteiger partial charge in [-0.2, -0.15) is 0 Å². The summed E-state index contributed by atoms with van der Waals surface area (Å²) in [5.41, 5.74) is 4.46. The number of amides is 1. The number of aryl methyl sites for hydroxylation is 1. The molecule has 1 fully saturated rings. The van der Waals surface area contributed by atoms with Crippen molar-refractivity contribution in [1.82, 2.24) is 4.90 Å². The van der Waals surface area contributed by atoms with Gasteiger partial charge in [0.1, 0.15) is 5.60 Å². The molecular formula is C23H31N3O2. The van der Waals surface area contributed by atoms with Crippen LogP contribution in [0.1, 0.15) is 31.9 Å². The fourth-order valence-corrected chi connectivity index (χ4v) is 3.27. The van der Waals surface area contributed by atoms with E-state index in [9.17, 15) is 4.79 Å². The van der Waals surface area contributed by atoms with Gasteiger partial charge in [-0.25, -0.2) is 4.79 Å². The van der Waals surface area contributed by atoms with E-state index in [0.29, 0.717) is 13.1 Å². The number of benzene rings is 2. The molecule has 1 saturated heterocycles. The molecule has 0 saturated carbocycles. The van der Waals surface area contributed by atoms with E-state index in [-0.39, 0.29) is 6.09 Å². The lowest BCUT2D eigenvalue weighted by Gasteiger charge is -2.36. The van der Waals surface area contributed by atoms with Crippen molar-refractivity contribution in [2.45, 2.75) is 39.8 Å². The van der Waals surface area contributed by atoms with Crippen LogP contribution >= 0.6 is 0 Å². The van der Waals surface area contributed by atoms with E-state index in [1.807, 2.05) is 20.8 Å². The molecule has 1 N–H and O–H groups in total. The van der Waals surface area contributed by atoms with Gasteiger partial charge in [-0.3, -0.25) is 0 Å². The van der Waals surface area contributed by atoms with Crippen molar-refractivity contribution < 1.29 is 9.53 Å². The highest BCUT2D eigenvalue weighted by molar-refractivity contribution is 5.68. The van der Waals surface area contributed by atoms with Crippen LogP contribution in [0.15, 0.2) is 48.5 Å². The average Bonchev–Trinajstić information content (AvgIpc) is 2.67. The number of carbonyl (C=O) groups is 1. The summed E-state index contributed by atoms with van der Waals surface area (Å²) in [6, 6.07) is 17.0. The normalized spacial score (nSPS) is 14.7. The van der Waals surface area contributed by atoms with E-state index in [4.69, 9.17) is 4.74 Å². The number of nitrogens with one attached hydrogen (secondary N) is 1. The first-order chi connectivity index (χ1) is 13.3.